The first-order valence-corrected chi connectivity index (χ1v) is 5.00. The van der Waals surface area contributed by atoms with Gasteiger partial charge in [0.25, 0.3) is 0 Å². The average molecular weight is 170 g/mol. The first kappa shape index (κ1) is 8.48. The van der Waals surface area contributed by atoms with E-state index in [9.17, 15) is 5.11 Å². The van der Waals surface area contributed by atoms with Crippen LogP contribution in [0.4, 0.5) is 0 Å². The van der Waals surface area contributed by atoms with Crippen molar-refractivity contribution in [2.24, 2.45) is 5.92 Å². The Kier molecular flexibility index (Phi) is 2.63. The van der Waals surface area contributed by atoms with Crippen LogP contribution in [0, 0.1) is 5.92 Å². The van der Waals surface area contributed by atoms with Crippen LogP contribution in [0.5, 0.6) is 0 Å². The molecule has 12 heavy (non-hydrogen) atoms. The molecule has 3 heteroatoms. The molecule has 2 rings (SSSR count). The van der Waals surface area contributed by atoms with E-state index in [1.807, 2.05) is 0 Å². The predicted octanol–water partition coefficient (Wildman–Crippen LogP) is -0.291. The summed E-state index contributed by atoms with van der Waals surface area (Å²) in [5.74, 6) is 0.449. The molecule has 1 unspecified atom stereocenters. The zero-order valence-electron chi connectivity index (χ0n) is 7.42. The number of β-amino-alcohol motifs (C(OH)–C–C–N with tert-alkyl or cyclic N) is 1. The standard InChI is InChI=1S/C9H18N2O/c12-9-6-10-5-7(9)8-3-1-2-4-11-8/h7-12H,1-6H2/t7-,8?,9+/m0/s1. The third-order valence-electron chi connectivity index (χ3n) is 3.09. The number of hydrogen-bond acceptors (Lipinski definition) is 3. The van der Waals surface area contributed by atoms with Crippen molar-refractivity contribution in [3.63, 3.8) is 0 Å². The summed E-state index contributed by atoms with van der Waals surface area (Å²) in [5.41, 5.74) is 0. The molecule has 0 spiro atoms. The molecule has 70 valence electrons. The first-order chi connectivity index (χ1) is 5.88. The maximum absolute atomic E-state index is 9.64. The van der Waals surface area contributed by atoms with E-state index in [2.05, 4.69) is 10.6 Å². The molecule has 2 aliphatic rings. The lowest BCUT2D eigenvalue weighted by Gasteiger charge is -2.30. The van der Waals surface area contributed by atoms with Crippen LogP contribution in [0.1, 0.15) is 19.3 Å². The molecule has 0 saturated carbocycles. The minimum atomic E-state index is -0.124. The Morgan fingerprint density at radius 3 is 2.67 bits per heavy atom. The second-order valence-corrected chi connectivity index (χ2v) is 3.95. The molecule has 0 aliphatic carbocycles. The van der Waals surface area contributed by atoms with Crippen molar-refractivity contribution in [2.45, 2.75) is 31.4 Å². The molecule has 2 aliphatic heterocycles. The molecule has 0 aromatic rings. The molecule has 0 aromatic heterocycles. The van der Waals surface area contributed by atoms with Gasteiger partial charge in [-0.05, 0) is 19.4 Å². The number of aliphatic hydroxyl groups is 1. The van der Waals surface area contributed by atoms with Crippen molar-refractivity contribution in [1.82, 2.24) is 10.6 Å². The Hall–Kier alpha value is -0.120. The van der Waals surface area contributed by atoms with Crippen LogP contribution in [0.3, 0.4) is 0 Å². The molecule has 3 N–H and O–H groups in total. The minimum absolute atomic E-state index is 0.124. The molecule has 0 aromatic carbocycles. The Morgan fingerprint density at radius 2 is 2.08 bits per heavy atom. The van der Waals surface area contributed by atoms with Crippen molar-refractivity contribution >= 4 is 0 Å². The summed E-state index contributed by atoms with van der Waals surface area (Å²) in [6.45, 7) is 2.90. The Morgan fingerprint density at radius 1 is 1.17 bits per heavy atom. The van der Waals surface area contributed by atoms with Gasteiger partial charge in [-0.2, -0.15) is 0 Å². The summed E-state index contributed by atoms with van der Waals surface area (Å²) in [5, 5.41) is 16.4. The predicted molar refractivity (Wildman–Crippen MR) is 48.0 cm³/mol. The van der Waals surface area contributed by atoms with Gasteiger partial charge in [-0.1, -0.05) is 6.42 Å². The van der Waals surface area contributed by atoms with Crippen LogP contribution in [-0.4, -0.2) is 36.9 Å². The quantitative estimate of drug-likeness (QED) is 0.506. The Balaban J connectivity index is 1.89. The summed E-state index contributed by atoms with van der Waals surface area (Å²) < 4.78 is 0. The van der Waals surface area contributed by atoms with Crippen molar-refractivity contribution in [1.29, 1.82) is 0 Å². The molecule has 2 heterocycles. The lowest BCUT2D eigenvalue weighted by molar-refractivity contribution is 0.116. The lowest BCUT2D eigenvalue weighted by atomic mass is 9.90. The fraction of sp³-hybridized carbons (Fsp3) is 1.00. The second kappa shape index (κ2) is 3.73. The maximum atomic E-state index is 9.64. The van der Waals surface area contributed by atoms with Crippen LogP contribution in [0.15, 0.2) is 0 Å². The van der Waals surface area contributed by atoms with E-state index in [1.165, 1.54) is 19.3 Å². The van der Waals surface area contributed by atoms with E-state index in [1.54, 1.807) is 0 Å². The minimum Gasteiger partial charge on any atom is -0.391 e. The number of aliphatic hydroxyl groups excluding tert-OH is 1. The van der Waals surface area contributed by atoms with Crippen molar-refractivity contribution in [3.8, 4) is 0 Å². The SMILES string of the molecule is O[C@@H]1CNC[C@H]1C1CCCCN1. The molecule has 2 fully saturated rings. The number of rotatable bonds is 1. The van der Waals surface area contributed by atoms with Crippen molar-refractivity contribution in [2.75, 3.05) is 19.6 Å². The molecular weight excluding hydrogens is 152 g/mol. The molecule has 2 saturated heterocycles. The maximum Gasteiger partial charge on any atom is 0.0719 e. The van der Waals surface area contributed by atoms with E-state index < -0.39 is 0 Å². The zero-order valence-corrected chi connectivity index (χ0v) is 7.42. The van der Waals surface area contributed by atoms with E-state index in [4.69, 9.17) is 0 Å². The van der Waals surface area contributed by atoms with Crippen LogP contribution in [0.25, 0.3) is 0 Å². The smallest absolute Gasteiger partial charge is 0.0719 e. The normalized spacial score (nSPS) is 43.2. The topological polar surface area (TPSA) is 44.3 Å². The summed E-state index contributed by atoms with van der Waals surface area (Å²) >= 11 is 0. The van der Waals surface area contributed by atoms with Crippen LogP contribution in [-0.2, 0) is 0 Å². The fourth-order valence-electron chi connectivity index (χ4n) is 2.34. The molecule has 3 nitrogen and oxygen atoms in total. The average Bonchev–Trinajstić information content (AvgIpc) is 2.53. The number of nitrogens with one attached hydrogen (secondary N) is 2. The summed E-state index contributed by atoms with van der Waals surface area (Å²) in [6, 6.07) is 0.559. The van der Waals surface area contributed by atoms with E-state index >= 15 is 0 Å². The third kappa shape index (κ3) is 1.63. The Labute approximate surface area is 73.5 Å². The fourth-order valence-corrected chi connectivity index (χ4v) is 2.34. The largest absolute Gasteiger partial charge is 0.391 e. The molecule has 3 atom stereocenters. The van der Waals surface area contributed by atoms with E-state index in [0.29, 0.717) is 12.0 Å². The highest BCUT2D eigenvalue weighted by molar-refractivity contribution is 4.90. The molecule has 0 bridgehead atoms. The van der Waals surface area contributed by atoms with Gasteiger partial charge in [0.15, 0.2) is 0 Å². The van der Waals surface area contributed by atoms with Crippen LogP contribution >= 0.6 is 0 Å². The van der Waals surface area contributed by atoms with E-state index in [0.717, 1.165) is 19.6 Å². The van der Waals surface area contributed by atoms with Gasteiger partial charge < -0.3 is 15.7 Å². The van der Waals surface area contributed by atoms with Crippen molar-refractivity contribution in [3.05, 3.63) is 0 Å². The summed E-state index contributed by atoms with van der Waals surface area (Å²) in [6.07, 6.45) is 3.73. The Bertz CT molecular complexity index is 145. The van der Waals surface area contributed by atoms with Gasteiger partial charge in [-0.15, -0.1) is 0 Å². The highest BCUT2D eigenvalue weighted by Gasteiger charge is 2.32. The molecule has 0 radical (unpaired) electrons. The lowest BCUT2D eigenvalue weighted by Crippen LogP contribution is -2.44. The van der Waals surface area contributed by atoms with Crippen LogP contribution in [0.2, 0.25) is 0 Å². The molecule has 0 amide bonds. The van der Waals surface area contributed by atoms with Crippen molar-refractivity contribution < 1.29 is 5.11 Å². The highest BCUT2D eigenvalue weighted by Crippen LogP contribution is 2.20. The van der Waals surface area contributed by atoms with Gasteiger partial charge in [0.05, 0.1) is 6.10 Å². The number of hydrogen-bond donors (Lipinski definition) is 3. The second-order valence-electron chi connectivity index (χ2n) is 3.95. The highest BCUT2D eigenvalue weighted by atomic mass is 16.3. The van der Waals surface area contributed by atoms with Gasteiger partial charge in [0, 0.05) is 25.0 Å². The summed E-state index contributed by atoms with van der Waals surface area (Å²) in [4.78, 5) is 0. The zero-order chi connectivity index (χ0) is 8.39. The van der Waals surface area contributed by atoms with Gasteiger partial charge >= 0.3 is 0 Å². The number of piperidine rings is 1. The van der Waals surface area contributed by atoms with Gasteiger partial charge in [-0.3, -0.25) is 0 Å². The van der Waals surface area contributed by atoms with Gasteiger partial charge in [0.1, 0.15) is 0 Å². The van der Waals surface area contributed by atoms with Gasteiger partial charge in [-0.25, -0.2) is 0 Å². The van der Waals surface area contributed by atoms with Gasteiger partial charge in [0.2, 0.25) is 0 Å². The van der Waals surface area contributed by atoms with Crippen LogP contribution < -0.4 is 10.6 Å². The first-order valence-electron chi connectivity index (χ1n) is 5.00. The third-order valence-corrected chi connectivity index (χ3v) is 3.09. The monoisotopic (exact) mass is 170 g/mol. The molecular formula is C9H18N2O. The van der Waals surface area contributed by atoms with E-state index in [-0.39, 0.29) is 6.10 Å². The summed E-state index contributed by atoms with van der Waals surface area (Å²) in [7, 11) is 0.